The Morgan fingerprint density at radius 1 is 1.10 bits per heavy atom. The number of benzene rings is 1. The van der Waals surface area contributed by atoms with E-state index in [0.29, 0.717) is 12.1 Å². The average molecular weight is 628 g/mol. The number of hydrogen-bond donors (Lipinski definition) is 2. The van der Waals surface area contributed by atoms with E-state index in [9.17, 15) is 22.8 Å². The number of aromatic nitrogens is 6. The Labute approximate surface area is 245 Å². The van der Waals surface area contributed by atoms with Gasteiger partial charge in [-0.05, 0) is 56.0 Å². The third-order valence-corrected chi connectivity index (χ3v) is 7.10. The predicted octanol–water partition coefficient (Wildman–Crippen LogP) is 5.67. The molecule has 1 aliphatic carbocycles. The van der Waals surface area contributed by atoms with Crippen molar-refractivity contribution in [1.29, 1.82) is 0 Å². The van der Waals surface area contributed by atoms with Crippen LogP contribution in [0.5, 0.6) is 0 Å². The van der Waals surface area contributed by atoms with Crippen LogP contribution >= 0.6 is 34.8 Å². The first-order valence-corrected chi connectivity index (χ1v) is 13.3. The van der Waals surface area contributed by atoms with E-state index in [1.807, 2.05) is 6.92 Å². The maximum absolute atomic E-state index is 13.6. The second kappa shape index (κ2) is 11.3. The summed E-state index contributed by atoms with van der Waals surface area (Å²) in [5, 5.41) is 17.3. The average Bonchev–Trinajstić information content (AvgIpc) is 3.51. The minimum absolute atomic E-state index is 0.00606. The zero-order valence-corrected chi connectivity index (χ0v) is 23.4. The third kappa shape index (κ3) is 6.47. The van der Waals surface area contributed by atoms with Gasteiger partial charge in [0.2, 0.25) is 0 Å². The maximum atomic E-state index is 13.6. The molecule has 0 radical (unpaired) electrons. The van der Waals surface area contributed by atoms with E-state index in [2.05, 4.69) is 30.9 Å². The van der Waals surface area contributed by atoms with Crippen molar-refractivity contribution >= 4 is 52.3 Å². The fraction of sp³-hybridized carbons (Fsp3) is 0.280. The Balaban J connectivity index is 1.49. The minimum Gasteiger partial charge on any atom is -0.349 e. The van der Waals surface area contributed by atoms with Crippen LogP contribution in [0.25, 0.3) is 5.82 Å². The van der Waals surface area contributed by atoms with Gasteiger partial charge in [0, 0.05) is 17.3 Å². The summed E-state index contributed by atoms with van der Waals surface area (Å²) in [5.41, 5.74) is -1.11. The molecule has 4 aromatic rings. The molecule has 0 bridgehead atoms. The summed E-state index contributed by atoms with van der Waals surface area (Å²) < 4.78 is 40.1. The van der Waals surface area contributed by atoms with Gasteiger partial charge in [-0.2, -0.15) is 28.2 Å². The molecule has 2 amide bonds. The Morgan fingerprint density at radius 3 is 2.51 bits per heavy atom. The molecule has 214 valence electrons. The first-order valence-electron chi connectivity index (χ1n) is 12.2. The van der Waals surface area contributed by atoms with Gasteiger partial charge >= 0.3 is 6.18 Å². The number of nitrogens with one attached hydrogen (secondary N) is 2. The maximum Gasteiger partial charge on any atom is 0.436 e. The van der Waals surface area contributed by atoms with Crippen LogP contribution in [0.3, 0.4) is 0 Å². The molecule has 10 nitrogen and oxygen atoms in total. The lowest BCUT2D eigenvalue weighted by Crippen LogP contribution is -2.34. The molecule has 41 heavy (non-hydrogen) atoms. The number of halogens is 6. The molecular weight excluding hydrogens is 608 g/mol. The predicted molar refractivity (Wildman–Crippen MR) is 145 cm³/mol. The Hall–Kier alpha value is -3.68. The van der Waals surface area contributed by atoms with Crippen molar-refractivity contribution in [2.75, 3.05) is 5.32 Å². The van der Waals surface area contributed by atoms with Crippen molar-refractivity contribution in [3.8, 4) is 5.82 Å². The monoisotopic (exact) mass is 626 g/mol. The molecule has 5 rings (SSSR count). The van der Waals surface area contributed by atoms with Crippen molar-refractivity contribution in [1.82, 2.24) is 35.1 Å². The van der Waals surface area contributed by atoms with Crippen molar-refractivity contribution in [2.45, 2.75) is 38.5 Å². The molecule has 1 aromatic carbocycles. The van der Waals surface area contributed by atoms with Gasteiger partial charge in [-0.25, -0.2) is 9.67 Å². The van der Waals surface area contributed by atoms with Gasteiger partial charge in [-0.15, -0.1) is 5.10 Å². The fourth-order valence-corrected chi connectivity index (χ4v) is 4.81. The molecule has 0 aliphatic heterocycles. The Morgan fingerprint density at radius 2 is 1.85 bits per heavy atom. The van der Waals surface area contributed by atoms with Gasteiger partial charge in [-0.3, -0.25) is 9.59 Å². The van der Waals surface area contributed by atoms with Crippen molar-refractivity contribution < 1.29 is 22.8 Å². The van der Waals surface area contributed by atoms with E-state index in [4.69, 9.17) is 34.8 Å². The van der Waals surface area contributed by atoms with Crippen LogP contribution in [-0.2, 0) is 12.7 Å². The zero-order valence-electron chi connectivity index (χ0n) is 21.1. The van der Waals surface area contributed by atoms with Crippen LogP contribution < -0.4 is 10.6 Å². The molecule has 1 atom stereocenters. The highest BCUT2D eigenvalue weighted by Gasteiger charge is 2.34. The molecule has 2 N–H and O–H groups in total. The Kier molecular flexibility index (Phi) is 7.95. The van der Waals surface area contributed by atoms with E-state index in [-0.39, 0.29) is 56.1 Å². The number of amides is 2. The van der Waals surface area contributed by atoms with Gasteiger partial charge in [0.1, 0.15) is 12.2 Å². The molecule has 3 aromatic heterocycles. The number of anilines is 1. The van der Waals surface area contributed by atoms with E-state index in [1.165, 1.54) is 30.5 Å². The summed E-state index contributed by atoms with van der Waals surface area (Å²) in [6, 6.07) is 7.08. The zero-order chi connectivity index (χ0) is 29.5. The van der Waals surface area contributed by atoms with Crippen LogP contribution in [0.4, 0.5) is 18.9 Å². The van der Waals surface area contributed by atoms with Crippen molar-refractivity contribution in [2.24, 2.45) is 5.92 Å². The molecule has 1 fully saturated rings. The van der Waals surface area contributed by atoms with E-state index >= 15 is 0 Å². The van der Waals surface area contributed by atoms with Crippen LogP contribution in [0, 0.1) is 5.92 Å². The van der Waals surface area contributed by atoms with Crippen LogP contribution in [0.15, 0.2) is 42.7 Å². The molecule has 1 saturated carbocycles. The van der Waals surface area contributed by atoms with E-state index in [1.54, 1.807) is 6.07 Å². The summed E-state index contributed by atoms with van der Waals surface area (Å²) in [4.78, 5) is 31.7. The molecular formula is C25H20Cl3F3N8O2. The summed E-state index contributed by atoms with van der Waals surface area (Å²) in [7, 11) is 0. The van der Waals surface area contributed by atoms with Crippen LogP contribution in [-0.4, -0.2) is 47.6 Å². The fourth-order valence-electron chi connectivity index (χ4n) is 4.07. The standard InChI is InChI=1S/C25H20Cl3F3N8O2/c1-12(13-4-5-13)34-23(40)16-7-14(26)8-18(28)21(16)35-24(41)19-9-15(11-38-33-10-20(37-38)25(29,30)31)36-39(19)22-17(27)3-2-6-32-22/h2-3,6-10,12-13H,4-5,11H2,1H3,(H,34,40)(H,35,41). The second-order valence-electron chi connectivity index (χ2n) is 9.36. The Bertz CT molecular complexity index is 1630. The van der Waals surface area contributed by atoms with Gasteiger partial charge in [0.25, 0.3) is 11.8 Å². The minimum atomic E-state index is -4.68. The smallest absolute Gasteiger partial charge is 0.349 e. The van der Waals surface area contributed by atoms with Crippen LogP contribution in [0.1, 0.15) is 52.0 Å². The summed E-state index contributed by atoms with van der Waals surface area (Å²) >= 11 is 18.9. The molecule has 16 heteroatoms. The van der Waals surface area contributed by atoms with Gasteiger partial charge in [0.05, 0.1) is 33.2 Å². The molecule has 0 spiro atoms. The largest absolute Gasteiger partial charge is 0.436 e. The first kappa shape index (κ1) is 28.8. The lowest BCUT2D eigenvalue weighted by molar-refractivity contribution is -0.141. The van der Waals surface area contributed by atoms with E-state index < -0.39 is 23.7 Å². The lowest BCUT2D eigenvalue weighted by atomic mass is 10.1. The molecule has 3 heterocycles. The van der Waals surface area contributed by atoms with Crippen molar-refractivity contribution in [3.05, 3.63) is 80.4 Å². The highest BCUT2D eigenvalue weighted by Crippen LogP contribution is 2.34. The van der Waals surface area contributed by atoms with Gasteiger partial charge in [-0.1, -0.05) is 34.8 Å². The lowest BCUT2D eigenvalue weighted by Gasteiger charge is -2.17. The summed E-state index contributed by atoms with van der Waals surface area (Å²) in [6.45, 7) is 1.59. The SMILES string of the molecule is CC(NC(=O)c1cc(Cl)cc(Cl)c1NC(=O)c1cc(Cn2ncc(C(F)(F)F)n2)nn1-c1ncccc1Cl)C1CC1. The first-order chi connectivity index (χ1) is 19.4. The number of hydrogen-bond acceptors (Lipinski definition) is 6. The number of rotatable bonds is 8. The number of carbonyl (C=O) groups excluding carboxylic acids is 2. The summed E-state index contributed by atoms with van der Waals surface area (Å²) in [5.74, 6) is -0.785. The van der Waals surface area contributed by atoms with Gasteiger partial charge < -0.3 is 10.6 Å². The highest BCUT2D eigenvalue weighted by molar-refractivity contribution is 6.38. The second-order valence-corrected chi connectivity index (χ2v) is 10.6. The highest BCUT2D eigenvalue weighted by atomic mass is 35.5. The molecule has 1 aliphatic rings. The van der Waals surface area contributed by atoms with E-state index in [0.717, 1.165) is 22.3 Å². The normalized spacial score (nSPS) is 14.1. The number of pyridine rings is 1. The quantitative estimate of drug-likeness (QED) is 0.260. The topological polar surface area (TPSA) is 120 Å². The molecule has 0 saturated heterocycles. The number of nitrogens with zero attached hydrogens (tertiary/aromatic N) is 6. The molecule has 1 unspecified atom stereocenters. The van der Waals surface area contributed by atoms with Gasteiger partial charge in [0.15, 0.2) is 11.5 Å². The van der Waals surface area contributed by atoms with Crippen LogP contribution in [0.2, 0.25) is 15.1 Å². The van der Waals surface area contributed by atoms with Crippen molar-refractivity contribution in [3.63, 3.8) is 0 Å². The number of alkyl halides is 3. The number of carbonyl (C=O) groups is 2. The third-order valence-electron chi connectivity index (χ3n) is 6.29. The summed E-state index contributed by atoms with van der Waals surface area (Å²) in [6.07, 6.45) is -0.652.